The minimum absolute atomic E-state index is 0.118. The third kappa shape index (κ3) is 5.44. The molecule has 0 saturated heterocycles. The van der Waals surface area contributed by atoms with Crippen molar-refractivity contribution < 1.29 is 0 Å². The summed E-state index contributed by atoms with van der Waals surface area (Å²) in [6.45, 7) is 12.2. The van der Waals surface area contributed by atoms with Crippen molar-refractivity contribution in [2.45, 2.75) is 44.8 Å². The van der Waals surface area contributed by atoms with Crippen molar-refractivity contribution in [2.75, 3.05) is 23.7 Å². The van der Waals surface area contributed by atoms with Crippen LogP contribution < -0.4 is 10.6 Å². The van der Waals surface area contributed by atoms with Gasteiger partial charge in [0.05, 0.1) is 29.3 Å². The van der Waals surface area contributed by atoms with Crippen LogP contribution in [0.3, 0.4) is 0 Å². The number of rotatable bonds is 11. The van der Waals surface area contributed by atoms with Crippen molar-refractivity contribution in [2.24, 2.45) is 0 Å². The maximum atomic E-state index is 4.93. The number of imidazole rings is 1. The van der Waals surface area contributed by atoms with Crippen LogP contribution in [0.15, 0.2) is 86.1 Å². The summed E-state index contributed by atoms with van der Waals surface area (Å²) >= 11 is 0. The number of H-pyrrole nitrogens is 1. The Hall–Kier alpha value is -3.90. The predicted octanol–water partition coefficient (Wildman–Crippen LogP) is 6.79. The SMILES string of the molecule is C=CCNc1ccc(C(C)N(Cc2nc3ccccc3[nH]2)C2CCCc3cccnc32)c(NCC=C)c1. The van der Waals surface area contributed by atoms with Gasteiger partial charge in [-0.1, -0.05) is 36.4 Å². The van der Waals surface area contributed by atoms with E-state index in [1.807, 2.05) is 30.5 Å². The van der Waals surface area contributed by atoms with E-state index in [0.29, 0.717) is 13.1 Å². The minimum Gasteiger partial charge on any atom is -0.382 e. The van der Waals surface area contributed by atoms with Crippen LogP contribution in [0.1, 0.15) is 54.5 Å². The van der Waals surface area contributed by atoms with E-state index >= 15 is 0 Å². The van der Waals surface area contributed by atoms with E-state index < -0.39 is 0 Å². The number of anilines is 2. The van der Waals surface area contributed by atoms with Gasteiger partial charge in [0, 0.05) is 36.7 Å². The lowest BCUT2D eigenvalue weighted by Gasteiger charge is -2.39. The second-order valence-corrected chi connectivity index (χ2v) is 9.65. The van der Waals surface area contributed by atoms with Crippen LogP contribution in [0.5, 0.6) is 0 Å². The Morgan fingerprint density at radius 1 is 1.08 bits per heavy atom. The van der Waals surface area contributed by atoms with Gasteiger partial charge in [0.2, 0.25) is 0 Å². The van der Waals surface area contributed by atoms with E-state index in [2.05, 4.69) is 83.1 Å². The second-order valence-electron chi connectivity index (χ2n) is 9.65. The Labute approximate surface area is 219 Å². The van der Waals surface area contributed by atoms with Crippen LogP contribution in [0.2, 0.25) is 0 Å². The lowest BCUT2D eigenvalue weighted by molar-refractivity contribution is 0.113. The molecule has 0 amide bonds. The smallest absolute Gasteiger partial charge is 0.121 e. The number of para-hydroxylation sites is 2. The van der Waals surface area contributed by atoms with Gasteiger partial charge in [-0.15, -0.1) is 13.2 Å². The summed E-state index contributed by atoms with van der Waals surface area (Å²) in [4.78, 5) is 15.9. The quantitative estimate of drug-likeness (QED) is 0.201. The first kappa shape index (κ1) is 24.8. The number of aromatic amines is 1. The summed E-state index contributed by atoms with van der Waals surface area (Å²) in [6, 6.07) is 19.4. The zero-order valence-electron chi connectivity index (χ0n) is 21.6. The number of aromatic nitrogens is 3. The Kier molecular flexibility index (Phi) is 7.66. The van der Waals surface area contributed by atoms with E-state index in [9.17, 15) is 0 Å². The second kappa shape index (κ2) is 11.4. The molecule has 6 nitrogen and oxygen atoms in total. The Balaban J connectivity index is 1.55. The summed E-state index contributed by atoms with van der Waals surface area (Å²) in [5, 5.41) is 6.99. The molecule has 2 unspecified atom stereocenters. The van der Waals surface area contributed by atoms with Gasteiger partial charge in [0.25, 0.3) is 0 Å². The maximum Gasteiger partial charge on any atom is 0.121 e. The van der Waals surface area contributed by atoms with Gasteiger partial charge in [0.1, 0.15) is 5.82 Å². The lowest BCUT2D eigenvalue weighted by atomic mass is 9.89. The van der Waals surface area contributed by atoms with Crippen molar-refractivity contribution in [3.8, 4) is 0 Å². The monoisotopic (exact) mass is 492 g/mol. The van der Waals surface area contributed by atoms with E-state index in [1.54, 1.807) is 0 Å². The first-order valence-corrected chi connectivity index (χ1v) is 13.1. The first-order valence-electron chi connectivity index (χ1n) is 13.1. The zero-order chi connectivity index (χ0) is 25.6. The third-order valence-corrected chi connectivity index (χ3v) is 7.22. The molecule has 1 aliphatic rings. The molecular weight excluding hydrogens is 456 g/mol. The van der Waals surface area contributed by atoms with Crippen LogP contribution in [0, 0.1) is 0 Å². The molecule has 1 aliphatic carbocycles. The first-order chi connectivity index (χ1) is 18.2. The molecule has 4 aromatic rings. The molecule has 2 aromatic carbocycles. The number of fused-ring (bicyclic) bond motifs is 2. The van der Waals surface area contributed by atoms with E-state index in [0.717, 1.165) is 54.0 Å². The van der Waals surface area contributed by atoms with E-state index in [-0.39, 0.29) is 12.1 Å². The van der Waals surface area contributed by atoms with Gasteiger partial charge in [0.15, 0.2) is 0 Å². The maximum absolute atomic E-state index is 4.93. The Morgan fingerprint density at radius 3 is 2.76 bits per heavy atom. The van der Waals surface area contributed by atoms with E-state index in [4.69, 9.17) is 9.97 Å². The molecule has 37 heavy (non-hydrogen) atoms. The molecule has 0 fully saturated rings. The molecule has 0 saturated carbocycles. The number of nitrogens with zero attached hydrogens (tertiary/aromatic N) is 3. The molecule has 0 bridgehead atoms. The normalized spacial score (nSPS) is 15.8. The topological polar surface area (TPSA) is 68.9 Å². The summed E-state index contributed by atoms with van der Waals surface area (Å²) in [5.74, 6) is 0.973. The van der Waals surface area contributed by atoms with Crippen molar-refractivity contribution in [3.05, 3.63) is 109 Å². The van der Waals surface area contributed by atoms with Crippen LogP contribution in [-0.4, -0.2) is 32.9 Å². The van der Waals surface area contributed by atoms with Crippen LogP contribution in [-0.2, 0) is 13.0 Å². The van der Waals surface area contributed by atoms with E-state index in [1.165, 1.54) is 16.8 Å². The van der Waals surface area contributed by atoms with Crippen molar-refractivity contribution in [1.82, 2.24) is 19.9 Å². The lowest BCUT2D eigenvalue weighted by Crippen LogP contribution is -2.34. The minimum atomic E-state index is 0.118. The largest absolute Gasteiger partial charge is 0.382 e. The molecular formula is C31H36N6. The van der Waals surface area contributed by atoms with Crippen molar-refractivity contribution in [1.29, 1.82) is 0 Å². The van der Waals surface area contributed by atoms with Crippen LogP contribution in [0.4, 0.5) is 11.4 Å². The molecule has 2 atom stereocenters. The van der Waals surface area contributed by atoms with Gasteiger partial charge in [-0.3, -0.25) is 9.88 Å². The zero-order valence-corrected chi connectivity index (χ0v) is 21.6. The van der Waals surface area contributed by atoms with Gasteiger partial charge in [-0.05, 0) is 67.6 Å². The highest BCUT2D eigenvalue weighted by molar-refractivity contribution is 5.74. The molecule has 0 aliphatic heterocycles. The predicted molar refractivity (Wildman–Crippen MR) is 154 cm³/mol. The molecule has 5 rings (SSSR count). The molecule has 0 spiro atoms. The average molecular weight is 493 g/mol. The molecule has 2 aromatic heterocycles. The number of nitrogens with one attached hydrogen (secondary N) is 3. The summed E-state index contributed by atoms with van der Waals surface area (Å²) in [6.07, 6.45) is 9.00. The number of pyridine rings is 1. The molecule has 3 N–H and O–H groups in total. The molecule has 0 radical (unpaired) electrons. The summed E-state index contributed by atoms with van der Waals surface area (Å²) < 4.78 is 0. The summed E-state index contributed by atoms with van der Waals surface area (Å²) in [7, 11) is 0. The molecule has 2 heterocycles. The number of hydrogen-bond acceptors (Lipinski definition) is 5. The highest BCUT2D eigenvalue weighted by atomic mass is 15.2. The number of hydrogen-bond donors (Lipinski definition) is 3. The molecule has 190 valence electrons. The fraction of sp³-hybridized carbons (Fsp3) is 0.290. The van der Waals surface area contributed by atoms with Gasteiger partial charge < -0.3 is 15.6 Å². The standard InChI is InChI=1S/C31H36N6/c1-4-17-32-24-15-16-25(28(20-24)33-18-5-2)22(3)37(21-30-35-26-12-6-7-13-27(26)36-30)29-14-8-10-23-11-9-19-34-31(23)29/h4-7,9,11-13,15-16,19-20,22,29,32-33H,1-2,8,10,14,17-18,21H2,3H3,(H,35,36). The summed E-state index contributed by atoms with van der Waals surface area (Å²) in [5.41, 5.74) is 8.03. The molecule has 6 heteroatoms. The van der Waals surface area contributed by atoms with Gasteiger partial charge in [-0.2, -0.15) is 0 Å². The highest BCUT2D eigenvalue weighted by Gasteiger charge is 2.32. The fourth-order valence-electron chi connectivity index (χ4n) is 5.41. The Bertz CT molecular complexity index is 1340. The van der Waals surface area contributed by atoms with Crippen LogP contribution in [0.25, 0.3) is 11.0 Å². The Morgan fingerprint density at radius 2 is 1.92 bits per heavy atom. The van der Waals surface area contributed by atoms with Gasteiger partial charge in [-0.25, -0.2) is 4.98 Å². The number of benzene rings is 2. The van der Waals surface area contributed by atoms with Crippen LogP contribution >= 0.6 is 0 Å². The van der Waals surface area contributed by atoms with Gasteiger partial charge >= 0.3 is 0 Å². The average Bonchev–Trinajstić information content (AvgIpc) is 3.36. The van der Waals surface area contributed by atoms with Crippen molar-refractivity contribution in [3.63, 3.8) is 0 Å². The van der Waals surface area contributed by atoms with Crippen molar-refractivity contribution >= 4 is 22.4 Å². The third-order valence-electron chi connectivity index (χ3n) is 7.22. The highest BCUT2D eigenvalue weighted by Crippen LogP contribution is 2.41. The number of aryl methyl sites for hydroxylation is 1. The fourth-order valence-corrected chi connectivity index (χ4v) is 5.41.